The molecule has 0 aromatic carbocycles. The first-order valence-electron chi connectivity index (χ1n) is 8.67. The fraction of sp³-hybridized carbons (Fsp3) is 0.875. The van der Waals surface area contributed by atoms with Gasteiger partial charge in [0.05, 0.1) is 18.3 Å². The Hall–Kier alpha value is 0.772. The van der Waals surface area contributed by atoms with Gasteiger partial charge in [-0.1, -0.05) is 6.92 Å². The van der Waals surface area contributed by atoms with E-state index >= 15 is 0 Å². The zero-order valence-electron chi connectivity index (χ0n) is 16.1. The number of hydrogen-bond donors (Lipinski definition) is 0. The molecule has 8 heteroatoms. The van der Waals surface area contributed by atoms with Crippen LogP contribution in [0.2, 0.25) is 0 Å². The van der Waals surface area contributed by atoms with Crippen molar-refractivity contribution in [2.24, 2.45) is 0 Å². The first-order chi connectivity index (χ1) is 11.3. The van der Waals surface area contributed by atoms with Gasteiger partial charge in [-0.15, -0.1) is 0 Å². The molecule has 2 bridgehead atoms. The van der Waals surface area contributed by atoms with Crippen molar-refractivity contribution in [3.63, 3.8) is 0 Å². The quantitative estimate of drug-likeness (QED) is 0.237. The maximum atomic E-state index is 8.18. The molecule has 0 N–H and O–H groups in total. The second kappa shape index (κ2) is 10.2. The van der Waals surface area contributed by atoms with Crippen LogP contribution in [-0.2, 0) is 18.5 Å². The van der Waals surface area contributed by atoms with Gasteiger partial charge in [-0.25, -0.2) is 11.2 Å². The van der Waals surface area contributed by atoms with Crippen LogP contribution >= 0.6 is 8.53 Å². The van der Waals surface area contributed by atoms with Crippen LogP contribution in [0.4, 0.5) is 0 Å². The van der Waals surface area contributed by atoms with Crippen LogP contribution in [-0.4, -0.2) is 54.3 Å². The molecule has 5 atom stereocenters. The standard InChI is InChI=1S/C16H28N2O4P.U/c1-7-16-11-19-14(10-20-16)15(16)22-23(21-9-8-17-6)18(12(2)3)13(4)5;/h10,12-15H,7-9,11H2,1-5H3;/q-1;/t14-,15-,16-,23?;/m0./s1/i7D;/t7?,14-,15-,16-,23?;. The molecular weight excluding hydrogens is 553 g/mol. The Kier molecular flexibility index (Phi) is 8.95. The van der Waals surface area contributed by atoms with Crippen molar-refractivity contribution in [3.05, 3.63) is 18.0 Å². The van der Waals surface area contributed by atoms with Crippen molar-refractivity contribution in [2.45, 2.75) is 70.9 Å². The minimum Gasteiger partial charge on any atom is -0.541 e. The van der Waals surface area contributed by atoms with Gasteiger partial charge < -0.3 is 23.4 Å². The summed E-state index contributed by atoms with van der Waals surface area (Å²) < 4.78 is 34.1. The van der Waals surface area contributed by atoms with Crippen LogP contribution < -0.4 is 0 Å². The Bertz CT molecular complexity index is 448. The van der Waals surface area contributed by atoms with E-state index in [0.717, 1.165) is 0 Å². The van der Waals surface area contributed by atoms with Gasteiger partial charge in [-0.2, -0.15) is 6.61 Å². The molecule has 2 saturated heterocycles. The molecule has 2 aliphatic rings. The Labute approximate surface area is 172 Å². The third-order valence-corrected chi connectivity index (χ3v) is 6.16. The van der Waals surface area contributed by atoms with Crippen LogP contribution in [0.25, 0.3) is 4.85 Å². The maximum absolute atomic E-state index is 8.18. The Morgan fingerprint density at radius 3 is 2.58 bits per heavy atom. The van der Waals surface area contributed by atoms with E-state index in [1.54, 1.807) is 13.5 Å². The molecule has 2 rings (SSSR count). The Morgan fingerprint density at radius 1 is 1.46 bits per heavy atom. The van der Waals surface area contributed by atoms with E-state index in [-0.39, 0.29) is 55.4 Å². The zero-order chi connectivity index (χ0) is 17.9. The number of hydrogen-bond acceptors (Lipinski definition) is 5. The topological polar surface area (TPSA) is 44.5 Å². The SMILES string of the molecule is [2H]C(C)[C@@]12CO[C@@H]([CH-]O1)[C@@H]2OP(OCC[N+]#[C-])N(C(C)C)C(C)C.[U]. The van der Waals surface area contributed by atoms with Crippen LogP contribution in [0.3, 0.4) is 0 Å². The van der Waals surface area contributed by atoms with Crippen LogP contribution in [0.5, 0.6) is 0 Å². The third-order valence-electron chi connectivity index (χ3n) is 4.05. The van der Waals surface area contributed by atoms with E-state index in [1.807, 2.05) is 0 Å². The van der Waals surface area contributed by atoms with E-state index in [9.17, 15) is 0 Å². The molecule has 2 fully saturated rings. The normalized spacial score (nSPS) is 31.9. The van der Waals surface area contributed by atoms with E-state index < -0.39 is 20.5 Å². The van der Waals surface area contributed by atoms with Crippen molar-refractivity contribution < 1.29 is 51.0 Å². The van der Waals surface area contributed by atoms with Crippen LogP contribution in [0.15, 0.2) is 0 Å². The number of fused-ring (bicyclic) bond motifs is 2. The fourth-order valence-electron chi connectivity index (χ4n) is 2.93. The number of rotatable bonds is 9. The van der Waals surface area contributed by atoms with Crippen LogP contribution in [0, 0.1) is 44.3 Å². The molecule has 6 nitrogen and oxygen atoms in total. The van der Waals surface area contributed by atoms with E-state index in [1.165, 1.54) is 0 Å². The molecule has 0 amide bonds. The van der Waals surface area contributed by atoms with Gasteiger partial charge >= 0.3 is 0 Å². The smallest absolute Gasteiger partial charge is 0.259 e. The minimum atomic E-state index is -1.37. The minimum absolute atomic E-state index is 0. The molecule has 0 radical (unpaired) electrons. The first kappa shape index (κ1) is 21.1. The van der Waals surface area contributed by atoms with Gasteiger partial charge in [0.25, 0.3) is 8.53 Å². The summed E-state index contributed by atoms with van der Waals surface area (Å²) >= 11 is 0. The Balaban J connectivity index is 0.00000312. The van der Waals surface area contributed by atoms with Crippen molar-refractivity contribution >= 4 is 8.53 Å². The number of nitrogens with zero attached hydrogens (tertiary/aromatic N) is 2. The van der Waals surface area contributed by atoms with Gasteiger partial charge in [0, 0.05) is 44.6 Å². The second-order valence-electron chi connectivity index (χ2n) is 6.32. The van der Waals surface area contributed by atoms with Crippen molar-refractivity contribution in [3.8, 4) is 0 Å². The van der Waals surface area contributed by atoms with Gasteiger partial charge in [0.1, 0.15) is 6.61 Å². The summed E-state index contributed by atoms with van der Waals surface area (Å²) in [6.45, 7) is 19.8. The van der Waals surface area contributed by atoms with Crippen molar-refractivity contribution in [1.82, 2.24) is 4.67 Å². The monoisotopic (exact) mass is 582 g/mol. The molecule has 24 heavy (non-hydrogen) atoms. The molecule has 0 aromatic heterocycles. The predicted molar refractivity (Wildman–Crippen MR) is 89.5 cm³/mol. The average molecular weight is 582 g/mol. The second-order valence-corrected chi connectivity index (χ2v) is 7.73. The predicted octanol–water partition coefficient (Wildman–Crippen LogP) is 3.39. The molecule has 0 spiro atoms. The Morgan fingerprint density at radius 2 is 2.12 bits per heavy atom. The maximum Gasteiger partial charge on any atom is 0.259 e. The first-order valence-corrected chi connectivity index (χ1v) is 9.22. The summed E-state index contributed by atoms with van der Waals surface area (Å²) in [4.78, 5) is 3.35. The summed E-state index contributed by atoms with van der Waals surface area (Å²) in [7, 11) is -1.37. The molecule has 2 heterocycles. The number of ether oxygens (including phenoxy) is 2. The summed E-state index contributed by atoms with van der Waals surface area (Å²) in [5.41, 5.74) is -0.770. The van der Waals surface area contributed by atoms with E-state index in [2.05, 4.69) is 37.2 Å². The summed E-state index contributed by atoms with van der Waals surface area (Å²) in [5, 5.41) is 0. The van der Waals surface area contributed by atoms with Gasteiger partial charge in [0.15, 0.2) is 0 Å². The molecule has 2 aliphatic heterocycles. The van der Waals surface area contributed by atoms with Crippen molar-refractivity contribution in [2.75, 3.05) is 19.8 Å². The van der Waals surface area contributed by atoms with E-state index in [0.29, 0.717) is 19.8 Å². The zero-order valence-corrected chi connectivity index (χ0v) is 20.1. The third kappa shape index (κ3) is 4.93. The molecule has 0 aliphatic carbocycles. The van der Waals surface area contributed by atoms with Gasteiger partial charge in [-0.05, 0) is 40.2 Å². The molecule has 0 aromatic rings. The van der Waals surface area contributed by atoms with Crippen LogP contribution in [0.1, 0.15) is 42.4 Å². The molecule has 0 saturated carbocycles. The molecule has 136 valence electrons. The summed E-state index contributed by atoms with van der Waals surface area (Å²) in [6.07, 6.45) is -1.10. The van der Waals surface area contributed by atoms with Gasteiger partial charge in [-0.3, -0.25) is 0 Å². The molecule has 2 unspecified atom stereocenters. The van der Waals surface area contributed by atoms with Crippen molar-refractivity contribution in [1.29, 1.82) is 0 Å². The largest absolute Gasteiger partial charge is 0.541 e. The summed E-state index contributed by atoms with van der Waals surface area (Å²) in [6, 6.07) is 0.469. The summed E-state index contributed by atoms with van der Waals surface area (Å²) in [5.74, 6) is 0. The van der Waals surface area contributed by atoms with Gasteiger partial charge in [0.2, 0.25) is 6.54 Å². The average Bonchev–Trinajstić information content (AvgIpc) is 3.03. The fourth-order valence-corrected chi connectivity index (χ4v) is 4.72. The molecular formula is C16H28N2O4PU-. The van der Waals surface area contributed by atoms with E-state index in [4.69, 9.17) is 26.5 Å².